The number of nitrogens with zero attached hydrogens (tertiary/aromatic N) is 3. The van der Waals surface area contributed by atoms with Gasteiger partial charge in [0.1, 0.15) is 11.9 Å². The van der Waals surface area contributed by atoms with Gasteiger partial charge in [-0.25, -0.2) is 9.78 Å². The maximum Gasteiger partial charge on any atom is 0.328 e. The number of carbonyl (C=O) groups excluding carboxylic acids is 1. The van der Waals surface area contributed by atoms with Crippen LogP contribution in [-0.2, 0) is 0 Å². The van der Waals surface area contributed by atoms with Crippen molar-refractivity contribution in [3.8, 4) is 0 Å². The van der Waals surface area contributed by atoms with E-state index in [1.807, 2.05) is 42.6 Å². The highest BCUT2D eigenvalue weighted by atomic mass is 16.2. The third-order valence-electron chi connectivity index (χ3n) is 4.79. The molecule has 1 aliphatic heterocycles. The monoisotopic (exact) mass is 344 g/mol. The quantitative estimate of drug-likeness (QED) is 0.521. The molecule has 2 aromatic heterocycles. The minimum atomic E-state index is -0.303. The fourth-order valence-electron chi connectivity index (χ4n) is 3.54. The molecule has 26 heavy (non-hydrogen) atoms. The number of hydrogen-bond donors (Lipinski definition) is 3. The van der Waals surface area contributed by atoms with E-state index in [9.17, 15) is 4.79 Å². The van der Waals surface area contributed by atoms with E-state index >= 15 is 0 Å². The van der Waals surface area contributed by atoms with Gasteiger partial charge in [0.05, 0.1) is 17.4 Å². The second-order valence-corrected chi connectivity index (χ2v) is 6.24. The lowest BCUT2D eigenvalue weighted by Gasteiger charge is -2.23. The van der Waals surface area contributed by atoms with Gasteiger partial charge >= 0.3 is 6.03 Å². The van der Waals surface area contributed by atoms with Crippen molar-refractivity contribution >= 4 is 39.5 Å². The molecule has 0 spiro atoms. The van der Waals surface area contributed by atoms with Crippen molar-refractivity contribution < 1.29 is 4.79 Å². The number of nitrogens with one attached hydrogen (secondary N) is 3. The number of urea groups is 1. The number of hydrogen-bond acceptors (Lipinski definition) is 3. The molecule has 1 unspecified atom stereocenters. The second-order valence-electron chi connectivity index (χ2n) is 6.24. The van der Waals surface area contributed by atoms with Gasteiger partial charge in [-0.1, -0.05) is 6.07 Å². The van der Waals surface area contributed by atoms with Gasteiger partial charge in [0.25, 0.3) is 0 Å². The fourth-order valence-corrected chi connectivity index (χ4v) is 3.54. The van der Waals surface area contributed by atoms with Crippen LogP contribution >= 0.6 is 0 Å². The Labute approximate surface area is 148 Å². The van der Waals surface area contributed by atoms with Crippen molar-refractivity contribution in [2.45, 2.75) is 6.04 Å². The zero-order valence-electron chi connectivity index (χ0n) is 14.0. The number of amides is 2. The van der Waals surface area contributed by atoms with Crippen molar-refractivity contribution in [2.24, 2.45) is 4.99 Å². The highest BCUT2D eigenvalue weighted by Crippen LogP contribution is 2.34. The van der Waals surface area contributed by atoms with Crippen LogP contribution in [0.15, 0.2) is 60.0 Å². The minimum Gasteiger partial charge on any atom is -0.361 e. The zero-order valence-corrected chi connectivity index (χ0v) is 14.0. The van der Waals surface area contributed by atoms with Gasteiger partial charge in [0.15, 0.2) is 0 Å². The number of H-pyrrole nitrogens is 2. The summed E-state index contributed by atoms with van der Waals surface area (Å²) >= 11 is 0. The van der Waals surface area contributed by atoms with Crippen LogP contribution in [0, 0.1) is 0 Å². The third kappa shape index (κ3) is 2.10. The van der Waals surface area contributed by atoms with E-state index in [1.54, 1.807) is 18.3 Å². The largest absolute Gasteiger partial charge is 0.361 e. The molecular formula is C19H16N6O. The van der Waals surface area contributed by atoms with E-state index in [0.717, 1.165) is 33.2 Å². The summed E-state index contributed by atoms with van der Waals surface area (Å²) in [5.74, 6) is 0.631. The lowest BCUT2D eigenvalue weighted by atomic mass is 10.0. The second kappa shape index (κ2) is 5.45. The normalized spacial score (nSPS) is 19.0. The van der Waals surface area contributed by atoms with Gasteiger partial charge in [0, 0.05) is 24.4 Å². The number of rotatable bonds is 2. The fraction of sp³-hybridized carbons (Fsp3) is 0.105. The summed E-state index contributed by atoms with van der Waals surface area (Å²) in [5, 5.41) is 3.98. The number of benzene rings is 2. The number of amidine groups is 1. The van der Waals surface area contributed by atoms with Gasteiger partial charge in [-0.15, -0.1) is 0 Å². The molecule has 5 rings (SSSR count). The molecule has 0 saturated carbocycles. The lowest BCUT2D eigenvalue weighted by Crippen LogP contribution is -2.29. The van der Waals surface area contributed by atoms with E-state index in [0.29, 0.717) is 5.84 Å². The molecular weight excluding hydrogens is 328 g/mol. The average Bonchev–Trinajstić information content (AvgIpc) is 3.37. The number of carbonyl (C=O) groups is 1. The highest BCUT2D eigenvalue weighted by Gasteiger charge is 2.38. The molecule has 4 aromatic rings. The van der Waals surface area contributed by atoms with Crippen LogP contribution in [0.5, 0.6) is 0 Å². The van der Waals surface area contributed by atoms with Crippen molar-refractivity contribution in [3.63, 3.8) is 0 Å². The first kappa shape index (κ1) is 14.7. The molecule has 128 valence electrons. The maximum atomic E-state index is 12.7. The molecule has 3 N–H and O–H groups in total. The lowest BCUT2D eigenvalue weighted by molar-refractivity contribution is 0.252. The van der Waals surface area contributed by atoms with E-state index in [2.05, 4.69) is 31.3 Å². The summed E-state index contributed by atoms with van der Waals surface area (Å²) in [6.07, 6.45) is 3.55. The summed E-state index contributed by atoms with van der Waals surface area (Å²) in [6, 6.07) is 13.4. The molecule has 0 aliphatic carbocycles. The molecule has 7 nitrogen and oxygen atoms in total. The average molecular weight is 344 g/mol. The van der Waals surface area contributed by atoms with Gasteiger partial charge in [-0.2, -0.15) is 0 Å². The number of fused-ring (bicyclic) bond motifs is 2. The van der Waals surface area contributed by atoms with Crippen molar-refractivity contribution in [1.82, 2.24) is 20.3 Å². The molecule has 7 heteroatoms. The van der Waals surface area contributed by atoms with Gasteiger partial charge in [-0.3, -0.25) is 15.2 Å². The first-order chi connectivity index (χ1) is 12.7. The predicted octanol–water partition coefficient (Wildman–Crippen LogP) is 3.34. The number of aromatic amines is 2. The van der Waals surface area contributed by atoms with Crippen LogP contribution in [-0.4, -0.2) is 33.9 Å². The summed E-state index contributed by atoms with van der Waals surface area (Å²) in [4.78, 5) is 29.3. The van der Waals surface area contributed by atoms with E-state index < -0.39 is 0 Å². The van der Waals surface area contributed by atoms with Crippen molar-refractivity contribution in [3.05, 3.63) is 60.6 Å². The van der Waals surface area contributed by atoms with Crippen LogP contribution in [0.3, 0.4) is 0 Å². The Balaban J connectivity index is 1.66. The van der Waals surface area contributed by atoms with Gasteiger partial charge in [-0.05, 0) is 47.3 Å². The first-order valence-corrected chi connectivity index (χ1v) is 8.31. The number of imidazole rings is 1. The minimum absolute atomic E-state index is 0.195. The van der Waals surface area contributed by atoms with Gasteiger partial charge < -0.3 is 9.97 Å². The Morgan fingerprint density at radius 1 is 1.08 bits per heavy atom. The predicted molar refractivity (Wildman–Crippen MR) is 102 cm³/mol. The molecule has 0 radical (unpaired) electrons. The summed E-state index contributed by atoms with van der Waals surface area (Å²) < 4.78 is 0. The van der Waals surface area contributed by atoms with E-state index in [4.69, 9.17) is 0 Å². The standard InChI is InChI=1S/C19H16N6O/c1-20-18-17(12-2-4-14-11(8-12)6-7-21-14)25(19(26)24-18)13-3-5-15-16(9-13)23-10-22-15/h2-10,17,21H,1H3,(H,22,23)(H,20,24,26). The number of aromatic nitrogens is 3. The zero-order chi connectivity index (χ0) is 17.7. The Kier molecular flexibility index (Phi) is 3.08. The van der Waals surface area contributed by atoms with Crippen LogP contribution in [0.4, 0.5) is 10.5 Å². The van der Waals surface area contributed by atoms with E-state index in [-0.39, 0.29) is 12.1 Å². The van der Waals surface area contributed by atoms with Crippen LogP contribution in [0.2, 0.25) is 0 Å². The van der Waals surface area contributed by atoms with Crippen molar-refractivity contribution in [2.75, 3.05) is 11.9 Å². The van der Waals surface area contributed by atoms with Crippen molar-refractivity contribution in [1.29, 1.82) is 0 Å². The molecule has 1 atom stereocenters. The molecule has 2 aromatic carbocycles. The Hall–Kier alpha value is -3.61. The van der Waals surface area contributed by atoms with E-state index in [1.165, 1.54) is 0 Å². The summed E-state index contributed by atoms with van der Waals surface area (Å²) in [5.41, 5.74) is 4.59. The third-order valence-corrected chi connectivity index (χ3v) is 4.79. The number of anilines is 1. The first-order valence-electron chi connectivity index (χ1n) is 8.31. The van der Waals surface area contributed by atoms with Gasteiger partial charge in [0.2, 0.25) is 0 Å². The smallest absolute Gasteiger partial charge is 0.328 e. The van der Waals surface area contributed by atoms with Crippen LogP contribution in [0.1, 0.15) is 11.6 Å². The maximum absolute atomic E-state index is 12.7. The summed E-state index contributed by atoms with van der Waals surface area (Å²) in [6.45, 7) is 0. The highest BCUT2D eigenvalue weighted by molar-refractivity contribution is 6.17. The molecule has 2 amide bonds. The molecule has 1 saturated heterocycles. The molecule has 1 fully saturated rings. The molecule has 0 bridgehead atoms. The summed E-state index contributed by atoms with van der Waals surface area (Å²) in [7, 11) is 1.69. The topological polar surface area (TPSA) is 89.2 Å². The Morgan fingerprint density at radius 3 is 2.85 bits per heavy atom. The SMILES string of the molecule is C/N=C1/NC(=O)N(c2ccc3[nH]cnc3c2)C1c1ccc2[nH]ccc2c1. The van der Waals surface area contributed by atoms with Crippen LogP contribution < -0.4 is 10.2 Å². The number of aliphatic imine (C=N–C) groups is 1. The molecule has 3 heterocycles. The Bertz CT molecular complexity index is 1170. The Morgan fingerprint density at radius 2 is 1.96 bits per heavy atom. The van der Waals surface area contributed by atoms with Crippen LogP contribution in [0.25, 0.3) is 21.9 Å². The molecule has 1 aliphatic rings.